The fourth-order valence-corrected chi connectivity index (χ4v) is 3.14. The lowest BCUT2D eigenvalue weighted by atomic mass is 10.0. The molecular weight excluding hydrogens is 264 g/mol. The van der Waals surface area contributed by atoms with Crippen LogP contribution >= 0.6 is 0 Å². The molecule has 0 amide bonds. The van der Waals surface area contributed by atoms with E-state index < -0.39 is 0 Å². The minimum atomic E-state index is -0.0867. The van der Waals surface area contributed by atoms with Gasteiger partial charge < -0.3 is 9.47 Å². The quantitative estimate of drug-likeness (QED) is 0.478. The number of hydrogen-bond acceptors (Lipinski definition) is 3. The maximum atomic E-state index is 11.6. The van der Waals surface area contributed by atoms with E-state index in [4.69, 9.17) is 9.47 Å². The van der Waals surface area contributed by atoms with Crippen LogP contribution in [-0.2, 0) is 14.3 Å². The van der Waals surface area contributed by atoms with Crippen LogP contribution in [0.25, 0.3) is 0 Å². The highest BCUT2D eigenvalue weighted by Gasteiger charge is 2.28. The van der Waals surface area contributed by atoms with E-state index in [-0.39, 0.29) is 6.29 Å². The Hall–Kier alpha value is -0.830. The summed E-state index contributed by atoms with van der Waals surface area (Å²) in [6.07, 6.45) is 13.9. The monoisotopic (exact) mass is 294 g/mol. The lowest BCUT2D eigenvalue weighted by molar-refractivity contribution is -0.144. The summed E-state index contributed by atoms with van der Waals surface area (Å²) in [5.74, 6) is 1.71. The van der Waals surface area contributed by atoms with Crippen molar-refractivity contribution in [3.63, 3.8) is 0 Å². The summed E-state index contributed by atoms with van der Waals surface area (Å²) in [5, 5.41) is 0. The maximum absolute atomic E-state index is 11.6. The van der Waals surface area contributed by atoms with Gasteiger partial charge in [-0.3, -0.25) is 4.79 Å². The van der Waals surface area contributed by atoms with Gasteiger partial charge in [-0.25, -0.2) is 0 Å². The number of carbonyl (C=O) groups excluding carboxylic acids is 1. The van der Waals surface area contributed by atoms with Crippen LogP contribution in [-0.4, -0.2) is 18.7 Å². The fraction of sp³-hybridized carbons (Fsp3) is 0.833. The van der Waals surface area contributed by atoms with Crippen LogP contribution in [0.4, 0.5) is 0 Å². The zero-order chi connectivity index (χ0) is 14.9. The van der Waals surface area contributed by atoms with Crippen molar-refractivity contribution in [1.29, 1.82) is 0 Å². The van der Waals surface area contributed by atoms with Crippen LogP contribution in [0.2, 0.25) is 0 Å². The predicted octanol–water partition coefficient (Wildman–Crippen LogP) is 4.75. The van der Waals surface area contributed by atoms with Crippen molar-refractivity contribution in [3.05, 3.63) is 11.8 Å². The molecule has 0 spiro atoms. The number of unbranched alkanes of at least 4 members (excludes halogenated alkanes) is 4. The summed E-state index contributed by atoms with van der Waals surface area (Å²) >= 11 is 0. The second kappa shape index (κ2) is 9.24. The van der Waals surface area contributed by atoms with Gasteiger partial charge in [0.1, 0.15) is 5.78 Å². The molecule has 2 fully saturated rings. The van der Waals surface area contributed by atoms with Crippen LogP contribution in [0, 0.1) is 5.92 Å². The first kappa shape index (κ1) is 16.5. The highest BCUT2D eigenvalue weighted by atomic mass is 16.7. The van der Waals surface area contributed by atoms with Crippen molar-refractivity contribution >= 4 is 5.78 Å². The Kier molecular flexibility index (Phi) is 7.28. The number of Topliss-reactive ketones (excluding diaryl/α,β-unsaturated/α-hetero) is 1. The molecule has 0 bridgehead atoms. The Morgan fingerprint density at radius 3 is 2.86 bits per heavy atom. The molecule has 0 radical (unpaired) electrons. The van der Waals surface area contributed by atoms with Crippen molar-refractivity contribution in [2.24, 2.45) is 5.92 Å². The number of hydrogen-bond donors (Lipinski definition) is 0. The van der Waals surface area contributed by atoms with Crippen molar-refractivity contribution < 1.29 is 14.3 Å². The van der Waals surface area contributed by atoms with E-state index in [1.54, 1.807) is 0 Å². The molecular formula is C18H30O3. The van der Waals surface area contributed by atoms with Gasteiger partial charge in [-0.15, -0.1) is 0 Å². The van der Waals surface area contributed by atoms with Gasteiger partial charge in [0.05, 0.1) is 12.4 Å². The van der Waals surface area contributed by atoms with Crippen molar-refractivity contribution in [1.82, 2.24) is 0 Å². The second-order valence-corrected chi connectivity index (χ2v) is 6.35. The zero-order valence-electron chi connectivity index (χ0n) is 13.4. The van der Waals surface area contributed by atoms with E-state index >= 15 is 0 Å². The Balaban J connectivity index is 1.86. The summed E-state index contributed by atoms with van der Waals surface area (Å²) in [5.41, 5.74) is 0. The molecule has 0 aromatic rings. The highest BCUT2D eigenvalue weighted by Crippen LogP contribution is 2.32. The van der Waals surface area contributed by atoms with Gasteiger partial charge in [0, 0.05) is 25.2 Å². The molecule has 2 atom stereocenters. The lowest BCUT2D eigenvalue weighted by Gasteiger charge is -2.27. The largest absolute Gasteiger partial charge is 0.469 e. The molecule has 1 heterocycles. The van der Waals surface area contributed by atoms with Crippen LogP contribution < -0.4 is 0 Å². The van der Waals surface area contributed by atoms with Gasteiger partial charge in [-0.05, 0) is 38.2 Å². The molecule has 21 heavy (non-hydrogen) atoms. The van der Waals surface area contributed by atoms with Crippen molar-refractivity contribution in [2.75, 3.05) is 6.61 Å². The van der Waals surface area contributed by atoms with E-state index in [1.807, 2.05) is 0 Å². The Bertz CT molecular complexity index is 342. The van der Waals surface area contributed by atoms with Crippen molar-refractivity contribution in [2.45, 2.75) is 83.8 Å². The summed E-state index contributed by atoms with van der Waals surface area (Å²) < 4.78 is 11.8. The third-order valence-electron chi connectivity index (χ3n) is 4.46. The SMILES string of the molecule is CCCCCCC=C(OC1CCCCO1)C1CCC(=O)C1. The van der Waals surface area contributed by atoms with Crippen LogP contribution in [0.1, 0.15) is 77.6 Å². The number of ketones is 1. The standard InChI is InChI=1S/C18H30O3/c1-2-3-4-5-6-9-17(15-11-12-16(19)14-15)21-18-10-7-8-13-20-18/h9,15,18H,2-8,10-14H2,1H3. The summed E-state index contributed by atoms with van der Waals surface area (Å²) in [6.45, 7) is 3.03. The third-order valence-corrected chi connectivity index (χ3v) is 4.46. The molecule has 2 unspecified atom stereocenters. The first-order valence-electron chi connectivity index (χ1n) is 8.79. The normalized spacial score (nSPS) is 27.1. The van der Waals surface area contributed by atoms with Gasteiger partial charge in [0.15, 0.2) is 6.29 Å². The third kappa shape index (κ3) is 5.82. The van der Waals surface area contributed by atoms with E-state index in [1.165, 1.54) is 32.1 Å². The van der Waals surface area contributed by atoms with Gasteiger partial charge in [-0.2, -0.15) is 0 Å². The van der Waals surface area contributed by atoms with Gasteiger partial charge in [0.2, 0.25) is 0 Å². The summed E-state index contributed by atoms with van der Waals surface area (Å²) in [6, 6.07) is 0. The minimum absolute atomic E-state index is 0.0867. The number of carbonyl (C=O) groups is 1. The Morgan fingerprint density at radius 2 is 2.19 bits per heavy atom. The number of rotatable bonds is 8. The zero-order valence-corrected chi connectivity index (χ0v) is 13.4. The highest BCUT2D eigenvalue weighted by molar-refractivity contribution is 5.81. The maximum Gasteiger partial charge on any atom is 0.199 e. The van der Waals surface area contributed by atoms with Crippen LogP contribution in [0.3, 0.4) is 0 Å². The molecule has 3 nitrogen and oxygen atoms in total. The second-order valence-electron chi connectivity index (χ2n) is 6.35. The lowest BCUT2D eigenvalue weighted by Crippen LogP contribution is -2.23. The van der Waals surface area contributed by atoms with Crippen LogP contribution in [0.5, 0.6) is 0 Å². The van der Waals surface area contributed by atoms with E-state index in [0.717, 1.165) is 38.0 Å². The molecule has 120 valence electrons. The van der Waals surface area contributed by atoms with E-state index in [9.17, 15) is 4.79 Å². The number of allylic oxidation sites excluding steroid dienone is 2. The Morgan fingerprint density at radius 1 is 1.29 bits per heavy atom. The molecule has 0 aromatic carbocycles. The van der Waals surface area contributed by atoms with E-state index in [0.29, 0.717) is 24.5 Å². The average molecular weight is 294 g/mol. The Labute approximate surface area is 129 Å². The topological polar surface area (TPSA) is 35.5 Å². The average Bonchev–Trinajstić information content (AvgIpc) is 2.93. The first-order valence-corrected chi connectivity index (χ1v) is 8.79. The van der Waals surface area contributed by atoms with Gasteiger partial charge in [0.25, 0.3) is 0 Å². The fourth-order valence-electron chi connectivity index (χ4n) is 3.14. The predicted molar refractivity (Wildman–Crippen MR) is 83.9 cm³/mol. The van der Waals surface area contributed by atoms with Gasteiger partial charge in [-0.1, -0.05) is 26.2 Å². The molecule has 2 aliphatic rings. The molecule has 0 aromatic heterocycles. The number of ether oxygens (including phenoxy) is 2. The summed E-state index contributed by atoms with van der Waals surface area (Å²) in [4.78, 5) is 11.6. The molecule has 1 aliphatic carbocycles. The minimum Gasteiger partial charge on any atom is -0.469 e. The van der Waals surface area contributed by atoms with Gasteiger partial charge >= 0.3 is 0 Å². The van der Waals surface area contributed by atoms with Crippen LogP contribution in [0.15, 0.2) is 11.8 Å². The molecule has 1 aliphatic heterocycles. The smallest absolute Gasteiger partial charge is 0.199 e. The van der Waals surface area contributed by atoms with E-state index in [2.05, 4.69) is 13.0 Å². The molecule has 1 saturated carbocycles. The molecule has 3 heteroatoms. The molecule has 2 rings (SSSR count). The summed E-state index contributed by atoms with van der Waals surface area (Å²) in [7, 11) is 0. The van der Waals surface area contributed by atoms with Crippen molar-refractivity contribution in [3.8, 4) is 0 Å². The first-order chi connectivity index (χ1) is 10.3. The molecule has 1 saturated heterocycles. The molecule has 0 N–H and O–H groups in total.